The number of para-hydroxylation sites is 1. The molecule has 3 nitrogen and oxygen atoms in total. The maximum atomic E-state index is 5.39. The Morgan fingerprint density at radius 2 is 1.15 bits per heavy atom. The van der Waals surface area contributed by atoms with Crippen LogP contribution < -0.4 is 4.90 Å². The molecule has 9 aromatic carbocycles. The van der Waals surface area contributed by atoms with E-state index in [1.807, 2.05) is 11.3 Å². The Hall–Kier alpha value is -6.88. The second-order valence-electron chi connectivity index (χ2n) is 14.1. The predicted molar refractivity (Wildman–Crippen MR) is 229 cm³/mol. The quantitative estimate of drug-likeness (QED) is 0.183. The maximum Gasteiger partial charge on any atom is 0.160 e. The van der Waals surface area contributed by atoms with Crippen LogP contribution in [0.15, 0.2) is 176 Å². The van der Waals surface area contributed by atoms with Crippen molar-refractivity contribution in [3.63, 3.8) is 0 Å². The molecule has 0 saturated carbocycles. The largest absolute Gasteiger partial charge is 0.309 e. The zero-order chi connectivity index (χ0) is 35.3. The molecule has 0 atom stereocenters. The Labute approximate surface area is 315 Å². The van der Waals surface area contributed by atoms with Crippen LogP contribution in [-0.4, -0.2) is 9.97 Å². The van der Waals surface area contributed by atoms with Crippen LogP contribution in [0, 0.1) is 0 Å². The summed E-state index contributed by atoms with van der Waals surface area (Å²) in [5.41, 5.74) is 10.1. The molecular formula is C50H29N3S. The van der Waals surface area contributed by atoms with E-state index in [9.17, 15) is 0 Å². The number of thiophene rings is 1. The second-order valence-corrected chi connectivity index (χ2v) is 15.2. The van der Waals surface area contributed by atoms with Crippen molar-refractivity contribution in [1.82, 2.24) is 9.97 Å². The first-order valence-corrected chi connectivity index (χ1v) is 19.1. The van der Waals surface area contributed by atoms with E-state index >= 15 is 0 Å². The van der Waals surface area contributed by atoms with Gasteiger partial charge >= 0.3 is 0 Å². The summed E-state index contributed by atoms with van der Waals surface area (Å²) in [5, 5.41) is 10.9. The van der Waals surface area contributed by atoms with Crippen LogP contribution in [0.4, 0.5) is 17.1 Å². The molecule has 12 rings (SSSR count). The van der Waals surface area contributed by atoms with E-state index in [1.165, 1.54) is 69.6 Å². The van der Waals surface area contributed by atoms with Gasteiger partial charge in [-0.3, -0.25) is 0 Å². The first kappa shape index (κ1) is 29.7. The van der Waals surface area contributed by atoms with Gasteiger partial charge in [0.2, 0.25) is 0 Å². The van der Waals surface area contributed by atoms with E-state index in [0.717, 1.165) is 44.6 Å². The average Bonchev–Trinajstić information content (AvgIpc) is 3.62. The highest BCUT2D eigenvalue weighted by Gasteiger charge is 2.28. The molecular weight excluding hydrogens is 675 g/mol. The van der Waals surface area contributed by atoms with Crippen LogP contribution in [0.1, 0.15) is 0 Å². The van der Waals surface area contributed by atoms with E-state index < -0.39 is 0 Å². The Kier molecular flexibility index (Phi) is 6.21. The number of benzene rings is 9. The summed E-state index contributed by atoms with van der Waals surface area (Å²) in [4.78, 5) is 13.0. The summed E-state index contributed by atoms with van der Waals surface area (Å²) in [6, 6.07) is 63.7. The SMILES string of the molecule is c1ccc2c3c(ccc2c1)-c1cccc2cccc(c12)N3c1ccc2ccc(-c3nc(-c4cccc5sc6ccccc6c45)c4ccccc4n3)cc2c1. The number of rotatable bonds is 3. The van der Waals surface area contributed by atoms with Gasteiger partial charge in [0.15, 0.2) is 5.82 Å². The van der Waals surface area contributed by atoms with Gasteiger partial charge in [0, 0.05) is 58.7 Å². The van der Waals surface area contributed by atoms with Crippen molar-refractivity contribution in [2.75, 3.05) is 4.90 Å². The molecule has 4 heteroatoms. The van der Waals surface area contributed by atoms with E-state index in [-0.39, 0.29) is 0 Å². The Balaban J connectivity index is 1.07. The number of nitrogens with zero attached hydrogens (tertiary/aromatic N) is 3. The van der Waals surface area contributed by atoms with Gasteiger partial charge in [0.05, 0.1) is 22.6 Å². The highest BCUT2D eigenvalue weighted by molar-refractivity contribution is 7.25. The Morgan fingerprint density at radius 3 is 2.09 bits per heavy atom. The molecule has 1 aliphatic heterocycles. The Morgan fingerprint density at radius 1 is 0.426 bits per heavy atom. The summed E-state index contributed by atoms with van der Waals surface area (Å²) in [5.74, 6) is 0.723. The van der Waals surface area contributed by atoms with Gasteiger partial charge in [0.25, 0.3) is 0 Å². The van der Waals surface area contributed by atoms with Crippen LogP contribution >= 0.6 is 11.3 Å². The van der Waals surface area contributed by atoms with E-state index in [2.05, 4.69) is 181 Å². The molecule has 0 N–H and O–H groups in total. The lowest BCUT2D eigenvalue weighted by molar-refractivity contribution is 1.23. The fourth-order valence-corrected chi connectivity index (χ4v) is 9.86. The monoisotopic (exact) mass is 703 g/mol. The minimum Gasteiger partial charge on any atom is -0.309 e. The average molecular weight is 704 g/mol. The van der Waals surface area contributed by atoms with Crippen molar-refractivity contribution in [2.24, 2.45) is 0 Å². The number of fused-ring (bicyclic) bond motifs is 9. The molecule has 54 heavy (non-hydrogen) atoms. The molecule has 0 bridgehead atoms. The van der Waals surface area contributed by atoms with Crippen LogP contribution in [-0.2, 0) is 0 Å². The van der Waals surface area contributed by atoms with E-state index in [4.69, 9.17) is 9.97 Å². The van der Waals surface area contributed by atoms with Gasteiger partial charge in [-0.2, -0.15) is 0 Å². The normalized spacial score (nSPS) is 12.4. The fourth-order valence-electron chi connectivity index (χ4n) is 8.73. The van der Waals surface area contributed by atoms with Crippen molar-refractivity contribution in [3.05, 3.63) is 176 Å². The molecule has 2 aromatic heterocycles. The molecule has 0 amide bonds. The molecule has 0 unspecified atom stereocenters. The maximum absolute atomic E-state index is 5.39. The number of anilines is 3. The van der Waals surface area contributed by atoms with Crippen molar-refractivity contribution in [3.8, 4) is 33.8 Å². The zero-order valence-corrected chi connectivity index (χ0v) is 29.8. The topological polar surface area (TPSA) is 29.0 Å². The third kappa shape index (κ3) is 4.29. The van der Waals surface area contributed by atoms with Gasteiger partial charge in [0.1, 0.15) is 0 Å². The van der Waals surface area contributed by atoms with Crippen LogP contribution in [0.3, 0.4) is 0 Å². The highest BCUT2D eigenvalue weighted by Crippen LogP contribution is 2.53. The fraction of sp³-hybridized carbons (Fsp3) is 0. The van der Waals surface area contributed by atoms with Gasteiger partial charge < -0.3 is 4.90 Å². The lowest BCUT2D eigenvalue weighted by atomic mass is 9.88. The van der Waals surface area contributed by atoms with Gasteiger partial charge in [-0.15, -0.1) is 11.3 Å². The van der Waals surface area contributed by atoms with E-state index in [1.54, 1.807) is 0 Å². The zero-order valence-electron chi connectivity index (χ0n) is 29.0. The molecule has 0 fully saturated rings. The van der Waals surface area contributed by atoms with Gasteiger partial charge in [-0.1, -0.05) is 133 Å². The number of hydrogen-bond acceptors (Lipinski definition) is 4. The smallest absolute Gasteiger partial charge is 0.160 e. The van der Waals surface area contributed by atoms with Gasteiger partial charge in [-0.25, -0.2) is 9.97 Å². The molecule has 11 aromatic rings. The van der Waals surface area contributed by atoms with E-state index in [0.29, 0.717) is 0 Å². The molecule has 0 saturated heterocycles. The molecule has 1 aliphatic rings. The second kappa shape index (κ2) is 11.3. The van der Waals surface area contributed by atoms with Crippen LogP contribution in [0.2, 0.25) is 0 Å². The summed E-state index contributed by atoms with van der Waals surface area (Å²) < 4.78 is 2.55. The lowest BCUT2D eigenvalue weighted by Gasteiger charge is -2.34. The summed E-state index contributed by atoms with van der Waals surface area (Å²) >= 11 is 1.83. The summed E-state index contributed by atoms with van der Waals surface area (Å²) in [7, 11) is 0. The van der Waals surface area contributed by atoms with Crippen molar-refractivity contribution < 1.29 is 0 Å². The van der Waals surface area contributed by atoms with Crippen molar-refractivity contribution in [2.45, 2.75) is 0 Å². The number of hydrogen-bond donors (Lipinski definition) is 0. The van der Waals surface area contributed by atoms with Gasteiger partial charge in [-0.05, 0) is 69.6 Å². The number of aromatic nitrogens is 2. The molecule has 0 radical (unpaired) electrons. The third-order valence-electron chi connectivity index (χ3n) is 11.1. The highest BCUT2D eigenvalue weighted by atomic mass is 32.1. The van der Waals surface area contributed by atoms with Crippen molar-refractivity contribution in [1.29, 1.82) is 0 Å². The van der Waals surface area contributed by atoms with Crippen LogP contribution in [0.5, 0.6) is 0 Å². The molecule has 250 valence electrons. The third-order valence-corrected chi connectivity index (χ3v) is 12.3. The standard InChI is InChI=1S/C50H29N3S/c1-2-13-36-31(10-1)25-27-38-37-16-7-11-32-12-8-19-43(46(32)37)53(49(36)38)35-26-24-30-22-23-33(28-34(30)29-35)50-51-42-18-5-3-14-39(42)48(52-50)41-17-9-21-45-47(41)40-15-4-6-20-44(40)54-45/h1-29H. The first-order chi connectivity index (χ1) is 26.8. The minimum absolute atomic E-state index is 0.723. The molecule has 3 heterocycles. The Bertz CT molecular complexity index is 3350. The summed E-state index contributed by atoms with van der Waals surface area (Å²) in [6.45, 7) is 0. The molecule has 0 spiro atoms. The predicted octanol–water partition coefficient (Wildman–Crippen LogP) is 14.2. The summed E-state index contributed by atoms with van der Waals surface area (Å²) in [6.07, 6.45) is 0. The van der Waals surface area contributed by atoms with Crippen molar-refractivity contribution >= 4 is 91.8 Å². The minimum atomic E-state index is 0.723. The van der Waals surface area contributed by atoms with Crippen LogP contribution in [0.25, 0.3) is 97.2 Å². The molecule has 0 aliphatic carbocycles. The first-order valence-electron chi connectivity index (χ1n) is 18.3. The lowest BCUT2D eigenvalue weighted by Crippen LogP contribution is -2.15.